The minimum absolute atomic E-state index is 0.131. The normalized spacial score (nSPS) is 11.0. The van der Waals surface area contributed by atoms with E-state index in [9.17, 15) is 9.59 Å². The van der Waals surface area contributed by atoms with E-state index in [1.165, 1.54) is 24.3 Å². The van der Waals surface area contributed by atoms with Gasteiger partial charge in [0.1, 0.15) is 0 Å². The fourth-order valence-corrected chi connectivity index (χ4v) is 4.40. The summed E-state index contributed by atoms with van der Waals surface area (Å²) in [6.07, 6.45) is 4.60. The second-order valence-electron chi connectivity index (χ2n) is 6.83. The largest absolute Gasteiger partial charge is 0.322 e. The molecule has 3 rings (SSSR count). The third-order valence-electron chi connectivity index (χ3n) is 4.76. The molecule has 0 atom stereocenters. The van der Waals surface area contributed by atoms with Crippen molar-refractivity contribution >= 4 is 57.3 Å². The lowest BCUT2D eigenvalue weighted by Gasteiger charge is -2.17. The average molecular weight is 454 g/mol. The second-order valence-corrected chi connectivity index (χ2v) is 8.08. The first-order chi connectivity index (χ1) is 14.9. The van der Waals surface area contributed by atoms with Gasteiger partial charge in [0.2, 0.25) is 11.8 Å². The van der Waals surface area contributed by atoms with Gasteiger partial charge in [-0.05, 0) is 48.2 Å². The molecule has 5 nitrogen and oxygen atoms in total. The Bertz CT molecular complexity index is 1110. The molecule has 1 heterocycles. The average Bonchev–Trinajstić information content (AvgIpc) is 3.21. The van der Waals surface area contributed by atoms with Gasteiger partial charge in [-0.25, -0.2) is 4.98 Å². The van der Waals surface area contributed by atoms with Gasteiger partial charge in [-0.2, -0.15) is 0 Å². The van der Waals surface area contributed by atoms with Crippen LogP contribution in [-0.4, -0.2) is 16.8 Å². The lowest BCUT2D eigenvalue weighted by Crippen LogP contribution is -2.22. The maximum Gasteiger partial charge on any atom is 0.248 e. The number of halogens is 1. The van der Waals surface area contributed by atoms with Crippen LogP contribution in [0.3, 0.4) is 0 Å². The van der Waals surface area contributed by atoms with Crippen LogP contribution in [0.1, 0.15) is 37.6 Å². The lowest BCUT2D eigenvalue weighted by atomic mass is 10.0. The molecule has 0 radical (unpaired) electrons. The number of carbonyl (C=O) groups excluding carboxylic acids is 2. The quantitative estimate of drug-likeness (QED) is 0.429. The Hall–Kier alpha value is -2.96. The van der Waals surface area contributed by atoms with Gasteiger partial charge in [0, 0.05) is 29.1 Å². The molecular formula is C24H24ClN3O2S. The van der Waals surface area contributed by atoms with E-state index in [0.29, 0.717) is 15.8 Å². The van der Waals surface area contributed by atoms with Gasteiger partial charge < -0.3 is 5.32 Å². The van der Waals surface area contributed by atoms with Gasteiger partial charge in [-0.15, -0.1) is 11.3 Å². The highest BCUT2D eigenvalue weighted by molar-refractivity contribution is 7.14. The molecule has 7 heteroatoms. The van der Waals surface area contributed by atoms with Crippen molar-refractivity contribution in [2.24, 2.45) is 0 Å². The Morgan fingerprint density at radius 2 is 1.87 bits per heavy atom. The van der Waals surface area contributed by atoms with Crippen molar-refractivity contribution in [3.05, 3.63) is 75.8 Å². The second kappa shape index (κ2) is 10.4. The molecule has 0 aliphatic carbocycles. The predicted molar refractivity (Wildman–Crippen MR) is 129 cm³/mol. The van der Waals surface area contributed by atoms with Crippen molar-refractivity contribution in [1.82, 2.24) is 4.98 Å². The van der Waals surface area contributed by atoms with Crippen molar-refractivity contribution in [3.63, 3.8) is 0 Å². The number of anilines is 3. The van der Waals surface area contributed by atoms with Gasteiger partial charge in [-0.1, -0.05) is 49.7 Å². The molecule has 0 unspecified atom stereocenters. The van der Waals surface area contributed by atoms with Gasteiger partial charge >= 0.3 is 0 Å². The van der Waals surface area contributed by atoms with E-state index < -0.39 is 0 Å². The molecule has 0 aliphatic rings. The first-order valence-electron chi connectivity index (χ1n) is 10.0. The Morgan fingerprint density at radius 1 is 1.13 bits per heavy atom. The number of nitrogens with zero attached hydrogens (tertiary/aromatic N) is 2. The third kappa shape index (κ3) is 5.40. The van der Waals surface area contributed by atoms with Crippen molar-refractivity contribution in [2.75, 3.05) is 10.2 Å². The highest BCUT2D eigenvalue weighted by Crippen LogP contribution is 2.30. The van der Waals surface area contributed by atoms with E-state index in [4.69, 9.17) is 11.6 Å². The summed E-state index contributed by atoms with van der Waals surface area (Å²) >= 11 is 7.66. The molecule has 160 valence electrons. The van der Waals surface area contributed by atoms with Crippen molar-refractivity contribution in [3.8, 4) is 0 Å². The SMILES string of the molecule is CCc1ccc(Cl)c(CC)c1NC(=O)/C=C/c1csc(N(C(C)=O)c2ccccc2)n1. The van der Waals surface area contributed by atoms with Gasteiger partial charge in [0.05, 0.1) is 11.4 Å². The Labute approximate surface area is 191 Å². The number of hydrogen-bond acceptors (Lipinski definition) is 4. The Kier molecular flexibility index (Phi) is 7.60. The molecule has 2 aromatic carbocycles. The predicted octanol–water partition coefficient (Wildman–Crippen LogP) is 6.26. The summed E-state index contributed by atoms with van der Waals surface area (Å²) in [4.78, 5) is 30.8. The van der Waals surface area contributed by atoms with Crippen LogP contribution in [0.5, 0.6) is 0 Å². The van der Waals surface area contributed by atoms with Crippen molar-refractivity contribution < 1.29 is 9.59 Å². The molecule has 0 saturated carbocycles. The van der Waals surface area contributed by atoms with Crippen LogP contribution in [0.25, 0.3) is 6.08 Å². The standard InChI is InChI=1S/C24H24ClN3O2S/c1-4-17-11-13-21(25)20(5-2)23(17)27-22(30)14-12-18-15-31-24(26-18)28(16(3)29)19-9-7-6-8-10-19/h6-15H,4-5H2,1-3H3,(H,27,30)/b14-12+. The Morgan fingerprint density at radius 3 is 2.52 bits per heavy atom. The van der Waals surface area contributed by atoms with Gasteiger partial charge in [-0.3, -0.25) is 14.5 Å². The number of aromatic nitrogens is 1. The van der Waals surface area contributed by atoms with E-state index in [1.54, 1.807) is 11.0 Å². The summed E-state index contributed by atoms with van der Waals surface area (Å²) in [5, 5.41) is 5.98. The summed E-state index contributed by atoms with van der Waals surface area (Å²) < 4.78 is 0. The zero-order valence-corrected chi connectivity index (χ0v) is 19.3. The number of nitrogens with one attached hydrogen (secondary N) is 1. The first-order valence-corrected chi connectivity index (χ1v) is 11.3. The van der Waals surface area contributed by atoms with Gasteiger partial charge in [0.15, 0.2) is 5.13 Å². The lowest BCUT2D eigenvalue weighted by molar-refractivity contribution is -0.116. The van der Waals surface area contributed by atoms with Crippen LogP contribution in [0.15, 0.2) is 53.9 Å². The number of para-hydroxylation sites is 1. The number of aryl methyl sites for hydroxylation is 1. The number of hydrogen-bond donors (Lipinski definition) is 1. The zero-order valence-electron chi connectivity index (χ0n) is 17.7. The van der Waals surface area contributed by atoms with Crippen LogP contribution in [0.4, 0.5) is 16.5 Å². The first kappa shape index (κ1) is 22.7. The van der Waals surface area contributed by atoms with E-state index in [0.717, 1.165) is 35.3 Å². The molecule has 3 aromatic rings. The summed E-state index contributed by atoms with van der Waals surface area (Å²) in [5.74, 6) is -0.387. The maximum atomic E-state index is 12.6. The van der Waals surface area contributed by atoms with E-state index >= 15 is 0 Å². The molecule has 1 aromatic heterocycles. The van der Waals surface area contributed by atoms with Gasteiger partial charge in [0.25, 0.3) is 0 Å². The number of rotatable bonds is 7. The van der Waals surface area contributed by atoms with E-state index in [-0.39, 0.29) is 11.8 Å². The fraction of sp³-hybridized carbons (Fsp3) is 0.208. The summed E-state index contributed by atoms with van der Waals surface area (Å²) in [7, 11) is 0. The molecule has 0 bridgehead atoms. The van der Waals surface area contributed by atoms with Crippen molar-refractivity contribution in [1.29, 1.82) is 0 Å². The number of benzene rings is 2. The minimum atomic E-state index is -0.257. The highest BCUT2D eigenvalue weighted by Gasteiger charge is 2.17. The van der Waals surface area contributed by atoms with Crippen LogP contribution < -0.4 is 10.2 Å². The van der Waals surface area contributed by atoms with E-state index in [1.807, 2.05) is 61.7 Å². The number of amides is 2. The molecular weight excluding hydrogens is 430 g/mol. The molecule has 0 aliphatic heterocycles. The van der Waals surface area contributed by atoms with Crippen LogP contribution >= 0.6 is 22.9 Å². The van der Waals surface area contributed by atoms with Crippen LogP contribution in [0.2, 0.25) is 5.02 Å². The molecule has 1 N–H and O–H groups in total. The zero-order chi connectivity index (χ0) is 22.4. The molecule has 0 saturated heterocycles. The Balaban J connectivity index is 1.78. The summed E-state index contributed by atoms with van der Waals surface area (Å²) in [6, 6.07) is 13.2. The number of thiazole rings is 1. The fourth-order valence-electron chi connectivity index (χ4n) is 3.25. The third-order valence-corrected chi connectivity index (χ3v) is 5.96. The van der Waals surface area contributed by atoms with Crippen LogP contribution in [0, 0.1) is 0 Å². The van der Waals surface area contributed by atoms with Crippen LogP contribution in [-0.2, 0) is 22.4 Å². The number of carbonyl (C=O) groups is 2. The molecule has 2 amide bonds. The summed E-state index contributed by atoms with van der Waals surface area (Å²) in [5.41, 5.74) is 4.10. The molecule has 0 spiro atoms. The topological polar surface area (TPSA) is 62.3 Å². The monoisotopic (exact) mass is 453 g/mol. The maximum absolute atomic E-state index is 12.6. The van der Waals surface area contributed by atoms with Crippen molar-refractivity contribution in [2.45, 2.75) is 33.6 Å². The van der Waals surface area contributed by atoms with E-state index in [2.05, 4.69) is 10.3 Å². The summed E-state index contributed by atoms with van der Waals surface area (Å²) in [6.45, 7) is 5.55. The molecule has 0 fully saturated rings. The minimum Gasteiger partial charge on any atom is -0.322 e. The highest BCUT2D eigenvalue weighted by atomic mass is 35.5. The smallest absolute Gasteiger partial charge is 0.248 e. The molecule has 31 heavy (non-hydrogen) atoms.